The number of hydrogen-bond acceptors (Lipinski definition) is 5. The van der Waals surface area contributed by atoms with Gasteiger partial charge in [0, 0.05) is 17.4 Å². The van der Waals surface area contributed by atoms with Gasteiger partial charge in [-0.2, -0.15) is 0 Å². The lowest BCUT2D eigenvalue weighted by Gasteiger charge is -2.70. The summed E-state index contributed by atoms with van der Waals surface area (Å²) in [6.45, 7) is 10.9. The average Bonchev–Trinajstić information content (AvgIpc) is 2.93. The van der Waals surface area contributed by atoms with Gasteiger partial charge in [0.05, 0.1) is 17.9 Å². The van der Waals surface area contributed by atoms with E-state index in [4.69, 9.17) is 4.74 Å². The highest BCUT2D eigenvalue weighted by Gasteiger charge is 2.75. The van der Waals surface area contributed by atoms with Crippen molar-refractivity contribution in [3.05, 3.63) is 0 Å². The molecular formula is C26H40O5. The number of ether oxygens (including phenoxy) is 1. The molecule has 0 spiro atoms. The van der Waals surface area contributed by atoms with E-state index in [0.29, 0.717) is 12.3 Å². The largest absolute Gasteiger partial charge is 0.461 e. The third-order valence-electron chi connectivity index (χ3n) is 11.4. The van der Waals surface area contributed by atoms with Crippen LogP contribution in [0, 0.1) is 51.2 Å². The zero-order valence-electron chi connectivity index (χ0n) is 19.8. The summed E-state index contributed by atoms with van der Waals surface area (Å²) in [5, 5.41) is 22.0. The minimum absolute atomic E-state index is 0.0765. The lowest BCUT2D eigenvalue weighted by atomic mass is 9.34. The number of carbonyl (C=O) groups excluding carboxylic acids is 2. The predicted molar refractivity (Wildman–Crippen MR) is 116 cm³/mol. The minimum atomic E-state index is -0.798. The Bertz CT molecular complexity index is 806. The molecule has 5 aliphatic rings. The molecule has 5 heteroatoms. The quantitative estimate of drug-likeness (QED) is 0.650. The zero-order valence-corrected chi connectivity index (χ0v) is 19.8. The summed E-state index contributed by atoms with van der Waals surface area (Å²) in [5.41, 5.74) is -0.453. The first-order valence-corrected chi connectivity index (χ1v) is 12.4. The fourth-order valence-corrected chi connectivity index (χ4v) is 10.2. The van der Waals surface area contributed by atoms with Gasteiger partial charge >= 0.3 is 5.97 Å². The van der Waals surface area contributed by atoms with E-state index in [1.807, 2.05) is 0 Å². The Kier molecular flexibility index (Phi) is 4.63. The van der Waals surface area contributed by atoms with Gasteiger partial charge in [-0.05, 0) is 74.0 Å². The zero-order chi connectivity index (χ0) is 22.6. The molecular weight excluding hydrogens is 392 g/mol. The van der Waals surface area contributed by atoms with Crippen LogP contribution < -0.4 is 0 Å². The van der Waals surface area contributed by atoms with Crippen LogP contribution in [0.15, 0.2) is 0 Å². The lowest BCUT2D eigenvalue weighted by molar-refractivity contribution is -0.247. The Labute approximate surface area is 186 Å². The molecule has 2 N–H and O–H groups in total. The van der Waals surface area contributed by atoms with Crippen LogP contribution in [-0.2, 0) is 14.3 Å². The Morgan fingerprint density at radius 3 is 2.42 bits per heavy atom. The third-order valence-corrected chi connectivity index (χ3v) is 11.4. The highest BCUT2D eigenvalue weighted by Crippen LogP contribution is 2.75. The molecule has 0 aromatic rings. The lowest BCUT2D eigenvalue weighted by Crippen LogP contribution is -2.68. The van der Waals surface area contributed by atoms with Crippen molar-refractivity contribution in [3.8, 4) is 0 Å². The van der Waals surface area contributed by atoms with Crippen molar-refractivity contribution >= 4 is 11.8 Å². The number of Topliss-reactive ketones (excluding diaryl/α,β-unsaturated/α-hetero) is 1. The second kappa shape index (κ2) is 6.56. The van der Waals surface area contributed by atoms with E-state index in [-0.39, 0.29) is 52.5 Å². The first-order chi connectivity index (χ1) is 14.4. The maximum atomic E-state index is 13.1. The van der Waals surface area contributed by atoms with Crippen LogP contribution >= 0.6 is 0 Å². The predicted octanol–water partition coefficient (Wildman–Crippen LogP) is 3.75. The van der Waals surface area contributed by atoms with E-state index in [1.54, 1.807) is 0 Å². The van der Waals surface area contributed by atoms with Gasteiger partial charge in [0.15, 0.2) is 0 Å². The second-order valence-electron chi connectivity index (χ2n) is 12.9. The van der Waals surface area contributed by atoms with E-state index in [2.05, 4.69) is 27.7 Å². The van der Waals surface area contributed by atoms with Gasteiger partial charge < -0.3 is 14.9 Å². The summed E-state index contributed by atoms with van der Waals surface area (Å²) in [7, 11) is 0. The van der Waals surface area contributed by atoms with Crippen molar-refractivity contribution in [1.29, 1.82) is 0 Å². The topological polar surface area (TPSA) is 83.8 Å². The number of hydrogen-bond donors (Lipinski definition) is 2. The van der Waals surface area contributed by atoms with E-state index in [0.717, 1.165) is 32.1 Å². The molecule has 10 unspecified atom stereocenters. The fourth-order valence-electron chi connectivity index (χ4n) is 10.2. The van der Waals surface area contributed by atoms with Crippen LogP contribution in [0.5, 0.6) is 0 Å². The molecule has 5 nitrogen and oxygen atoms in total. The van der Waals surface area contributed by atoms with Gasteiger partial charge in [0.1, 0.15) is 11.9 Å². The maximum Gasteiger partial charge on any atom is 0.310 e. The molecule has 0 aromatic carbocycles. The Morgan fingerprint density at radius 1 is 1.06 bits per heavy atom. The maximum absolute atomic E-state index is 13.1. The number of carbonyl (C=O) groups is 2. The smallest absolute Gasteiger partial charge is 0.310 e. The summed E-state index contributed by atoms with van der Waals surface area (Å²) in [4.78, 5) is 25.6. The Morgan fingerprint density at radius 2 is 1.77 bits per heavy atom. The summed E-state index contributed by atoms with van der Waals surface area (Å²) < 4.78 is 6.04. The van der Waals surface area contributed by atoms with Crippen molar-refractivity contribution in [3.63, 3.8) is 0 Å². The monoisotopic (exact) mass is 432 g/mol. The Hall–Kier alpha value is -0.940. The van der Waals surface area contributed by atoms with Gasteiger partial charge in [-0.1, -0.05) is 34.1 Å². The van der Waals surface area contributed by atoms with Gasteiger partial charge in [-0.15, -0.1) is 0 Å². The number of ketones is 1. The third kappa shape index (κ3) is 2.51. The Balaban J connectivity index is 1.63. The number of rotatable bonds is 2. The molecule has 0 bridgehead atoms. The van der Waals surface area contributed by atoms with Crippen LogP contribution in [0.1, 0.15) is 79.6 Å². The molecule has 5 fully saturated rings. The van der Waals surface area contributed by atoms with Crippen LogP contribution in [0.25, 0.3) is 0 Å². The first kappa shape index (κ1) is 21.9. The molecule has 1 saturated heterocycles. The van der Waals surface area contributed by atoms with E-state index in [9.17, 15) is 19.8 Å². The molecule has 174 valence electrons. The number of esters is 1. The number of aliphatic hydroxyl groups is 2. The van der Waals surface area contributed by atoms with E-state index in [1.165, 1.54) is 13.3 Å². The summed E-state index contributed by atoms with van der Waals surface area (Å²) >= 11 is 0. The highest BCUT2D eigenvalue weighted by molar-refractivity contribution is 5.88. The van der Waals surface area contributed by atoms with Crippen molar-refractivity contribution in [2.75, 3.05) is 6.61 Å². The van der Waals surface area contributed by atoms with Gasteiger partial charge in [0.2, 0.25) is 0 Å². The van der Waals surface area contributed by atoms with Crippen LogP contribution in [0.4, 0.5) is 0 Å². The standard InChI is InChI=1S/C26H40O5/c1-14(28)20-15(29)11-17-24(4)10-7-16-23(2,3)8-6-9-26(16,13-27)18(24)12-19-25(17,5)21(20)22(30)31-19/h15-21,27,29H,6-13H2,1-5H3. The van der Waals surface area contributed by atoms with Crippen LogP contribution in [-0.4, -0.2) is 40.8 Å². The fraction of sp³-hybridized carbons (Fsp3) is 0.923. The molecule has 4 aliphatic carbocycles. The van der Waals surface area contributed by atoms with Gasteiger partial charge in [0.25, 0.3) is 0 Å². The molecule has 0 amide bonds. The summed E-state index contributed by atoms with van der Waals surface area (Å²) in [6, 6.07) is 0. The van der Waals surface area contributed by atoms with E-state index < -0.39 is 23.4 Å². The minimum Gasteiger partial charge on any atom is -0.461 e. The summed E-state index contributed by atoms with van der Waals surface area (Å²) in [6.07, 6.45) is 5.80. The number of aliphatic hydroxyl groups excluding tert-OH is 2. The molecule has 5 rings (SSSR count). The van der Waals surface area contributed by atoms with E-state index >= 15 is 0 Å². The van der Waals surface area contributed by atoms with Crippen molar-refractivity contribution in [2.45, 2.75) is 91.8 Å². The SMILES string of the molecule is CC(=O)C1C(O)CC2C3(C)CCC4C(C)(C)CCCC4(CO)C3CC3OC(=O)C1C32C. The normalized spacial score (nSPS) is 54.9. The highest BCUT2D eigenvalue weighted by atomic mass is 16.6. The number of fused-ring (bicyclic) bond motifs is 4. The van der Waals surface area contributed by atoms with Crippen LogP contribution in [0.3, 0.4) is 0 Å². The molecule has 4 saturated carbocycles. The van der Waals surface area contributed by atoms with Crippen molar-refractivity contribution in [2.24, 2.45) is 51.2 Å². The van der Waals surface area contributed by atoms with Gasteiger partial charge in [-0.25, -0.2) is 0 Å². The molecule has 0 aromatic heterocycles. The molecule has 1 heterocycles. The van der Waals surface area contributed by atoms with Crippen molar-refractivity contribution < 1.29 is 24.5 Å². The molecule has 10 atom stereocenters. The average molecular weight is 433 g/mol. The van der Waals surface area contributed by atoms with Crippen LogP contribution in [0.2, 0.25) is 0 Å². The molecule has 0 radical (unpaired) electrons. The molecule has 31 heavy (non-hydrogen) atoms. The molecule has 1 aliphatic heterocycles. The summed E-state index contributed by atoms with van der Waals surface area (Å²) in [5.74, 6) is -0.765. The van der Waals surface area contributed by atoms with Crippen molar-refractivity contribution in [1.82, 2.24) is 0 Å². The van der Waals surface area contributed by atoms with Gasteiger partial charge in [-0.3, -0.25) is 9.59 Å². The second-order valence-corrected chi connectivity index (χ2v) is 12.9. The first-order valence-electron chi connectivity index (χ1n) is 12.4.